The quantitative estimate of drug-likeness (QED) is 0.564. The molecule has 8 nitrogen and oxygen atoms in total. The minimum absolute atomic E-state index is 0.0665. The predicted octanol–water partition coefficient (Wildman–Crippen LogP) is 3.54. The van der Waals surface area contributed by atoms with Crippen molar-refractivity contribution in [3.63, 3.8) is 0 Å². The van der Waals surface area contributed by atoms with E-state index in [1.54, 1.807) is 11.4 Å². The van der Waals surface area contributed by atoms with Crippen molar-refractivity contribution in [2.24, 2.45) is 11.8 Å². The molecule has 3 rings (SSSR count). The van der Waals surface area contributed by atoms with Gasteiger partial charge in [-0.2, -0.15) is 4.31 Å². The summed E-state index contributed by atoms with van der Waals surface area (Å²) >= 11 is 1.30. The number of hydrogen-bond acceptors (Lipinski definition) is 7. The largest absolute Gasteiger partial charge is 0.456 e. The van der Waals surface area contributed by atoms with Crippen LogP contribution in [0.4, 0.5) is 5.13 Å². The van der Waals surface area contributed by atoms with Crippen molar-refractivity contribution < 1.29 is 22.7 Å². The fourth-order valence-electron chi connectivity index (χ4n) is 3.94. The predicted molar refractivity (Wildman–Crippen MR) is 123 cm³/mol. The number of carbonyl (C=O) groups is 2. The van der Waals surface area contributed by atoms with E-state index in [9.17, 15) is 18.0 Å². The molecule has 0 saturated carbocycles. The number of nitrogens with zero attached hydrogens (tertiary/aromatic N) is 3. The van der Waals surface area contributed by atoms with Crippen LogP contribution in [0.3, 0.4) is 0 Å². The van der Waals surface area contributed by atoms with Crippen LogP contribution in [0.1, 0.15) is 50.2 Å². The van der Waals surface area contributed by atoms with E-state index >= 15 is 0 Å². The Balaban J connectivity index is 1.69. The molecule has 1 aromatic heterocycles. The lowest BCUT2D eigenvalue weighted by Gasteiger charge is -2.34. The van der Waals surface area contributed by atoms with Gasteiger partial charge >= 0.3 is 5.97 Å². The van der Waals surface area contributed by atoms with Gasteiger partial charge in [-0.05, 0) is 43.4 Å². The van der Waals surface area contributed by atoms with Gasteiger partial charge in [-0.3, -0.25) is 9.69 Å². The molecule has 2 heterocycles. The van der Waals surface area contributed by atoms with E-state index in [0.29, 0.717) is 30.5 Å². The van der Waals surface area contributed by atoms with Gasteiger partial charge < -0.3 is 4.74 Å². The van der Waals surface area contributed by atoms with Crippen LogP contribution in [0.15, 0.2) is 34.5 Å². The van der Waals surface area contributed by atoms with Gasteiger partial charge in [0.25, 0.3) is 0 Å². The maximum absolute atomic E-state index is 13.1. The Morgan fingerprint density at radius 1 is 1.25 bits per heavy atom. The molecule has 1 aliphatic heterocycles. The van der Waals surface area contributed by atoms with E-state index in [0.717, 1.165) is 6.42 Å². The molecular formula is C22H29N3O5S2. The molecular weight excluding hydrogens is 450 g/mol. The summed E-state index contributed by atoms with van der Waals surface area (Å²) in [5.74, 6) is -0.163. The number of amides is 1. The Kier molecular flexibility index (Phi) is 7.68. The maximum atomic E-state index is 13.1. The van der Waals surface area contributed by atoms with Gasteiger partial charge in [-0.25, -0.2) is 18.2 Å². The van der Waals surface area contributed by atoms with Gasteiger partial charge in [0.1, 0.15) is 6.61 Å². The van der Waals surface area contributed by atoms with Crippen LogP contribution in [0.25, 0.3) is 0 Å². The molecule has 0 bridgehead atoms. The maximum Gasteiger partial charge on any atom is 0.338 e. The molecule has 2 aromatic rings. The molecule has 1 fully saturated rings. The van der Waals surface area contributed by atoms with Gasteiger partial charge in [0.15, 0.2) is 5.13 Å². The Morgan fingerprint density at radius 3 is 2.56 bits per heavy atom. The van der Waals surface area contributed by atoms with Crippen molar-refractivity contribution in [2.45, 2.75) is 45.6 Å². The smallest absolute Gasteiger partial charge is 0.338 e. The first-order chi connectivity index (χ1) is 15.1. The molecule has 2 unspecified atom stereocenters. The summed E-state index contributed by atoms with van der Waals surface area (Å²) in [5, 5.41) is 2.28. The van der Waals surface area contributed by atoms with Gasteiger partial charge in [-0.15, -0.1) is 11.3 Å². The fourth-order valence-corrected chi connectivity index (χ4v) is 6.58. The third-order valence-corrected chi connectivity index (χ3v) is 8.10. The topological polar surface area (TPSA) is 96.9 Å². The van der Waals surface area contributed by atoms with Crippen LogP contribution in [-0.4, -0.2) is 49.2 Å². The summed E-state index contributed by atoms with van der Waals surface area (Å²) in [7, 11) is -3.69. The number of anilines is 1. The SMILES string of the molecule is CCN(C(C)=O)c1nc(COC(=O)c2cccc(S(=O)(=O)N3CC(C)CC(C)C3)c2)cs1. The lowest BCUT2D eigenvalue weighted by Crippen LogP contribution is -2.42. The van der Waals surface area contributed by atoms with Crippen LogP contribution >= 0.6 is 11.3 Å². The number of ether oxygens (including phenoxy) is 1. The van der Waals surface area contributed by atoms with Crippen LogP contribution in [0.5, 0.6) is 0 Å². The third kappa shape index (κ3) is 5.54. The van der Waals surface area contributed by atoms with Crippen LogP contribution in [0.2, 0.25) is 0 Å². The number of piperidine rings is 1. The van der Waals surface area contributed by atoms with E-state index in [1.807, 2.05) is 20.8 Å². The number of hydrogen-bond donors (Lipinski definition) is 0. The highest BCUT2D eigenvalue weighted by molar-refractivity contribution is 7.89. The second-order valence-electron chi connectivity index (χ2n) is 8.26. The van der Waals surface area contributed by atoms with Crippen molar-refractivity contribution in [3.05, 3.63) is 40.9 Å². The molecule has 0 radical (unpaired) electrons. The Bertz CT molecular complexity index is 1070. The molecule has 2 atom stereocenters. The molecule has 1 aliphatic rings. The number of carbonyl (C=O) groups excluding carboxylic acids is 2. The van der Waals surface area contributed by atoms with Gasteiger partial charge in [0.2, 0.25) is 15.9 Å². The average molecular weight is 480 g/mol. The first kappa shape index (κ1) is 24.3. The van der Waals surface area contributed by atoms with E-state index < -0.39 is 16.0 Å². The summed E-state index contributed by atoms with van der Waals surface area (Å²) in [6.45, 7) is 8.80. The minimum atomic E-state index is -3.69. The first-order valence-electron chi connectivity index (χ1n) is 10.6. The molecule has 1 aromatic carbocycles. The lowest BCUT2D eigenvalue weighted by atomic mass is 9.94. The summed E-state index contributed by atoms with van der Waals surface area (Å²) in [5.41, 5.74) is 0.691. The van der Waals surface area contributed by atoms with Gasteiger partial charge in [0.05, 0.1) is 16.2 Å². The number of sulfonamides is 1. The first-order valence-corrected chi connectivity index (χ1v) is 12.9. The van der Waals surface area contributed by atoms with Crippen molar-refractivity contribution in [1.29, 1.82) is 0 Å². The zero-order valence-electron chi connectivity index (χ0n) is 18.8. The van der Waals surface area contributed by atoms with Gasteiger partial charge in [0, 0.05) is 31.9 Å². The molecule has 10 heteroatoms. The number of esters is 1. The standard InChI is InChI=1S/C22H29N3O5S2/c1-5-25(17(4)26)22-23-19(14-31-22)13-30-21(27)18-7-6-8-20(10-18)32(28,29)24-11-15(2)9-16(3)12-24/h6-8,10,14-16H,5,9,11-13H2,1-4H3. The normalized spacial score (nSPS) is 19.5. The minimum Gasteiger partial charge on any atom is -0.456 e. The second-order valence-corrected chi connectivity index (χ2v) is 11.0. The monoisotopic (exact) mass is 479 g/mol. The Labute approximate surface area is 193 Å². The summed E-state index contributed by atoms with van der Waals surface area (Å²) in [4.78, 5) is 30.2. The van der Waals surface area contributed by atoms with Crippen molar-refractivity contribution in [2.75, 3.05) is 24.5 Å². The van der Waals surface area contributed by atoms with E-state index in [4.69, 9.17) is 4.74 Å². The van der Waals surface area contributed by atoms with E-state index in [1.165, 1.54) is 45.7 Å². The second kappa shape index (κ2) is 10.1. The Hall–Kier alpha value is -2.30. The summed E-state index contributed by atoms with van der Waals surface area (Å²) in [6, 6.07) is 5.95. The van der Waals surface area contributed by atoms with Crippen molar-refractivity contribution in [3.8, 4) is 0 Å². The molecule has 1 amide bonds. The summed E-state index contributed by atoms with van der Waals surface area (Å²) in [6.07, 6.45) is 0.999. The zero-order valence-corrected chi connectivity index (χ0v) is 20.4. The third-order valence-electron chi connectivity index (χ3n) is 5.36. The van der Waals surface area contributed by atoms with Crippen LogP contribution < -0.4 is 4.90 Å². The molecule has 0 aliphatic carbocycles. The Morgan fingerprint density at radius 2 is 1.94 bits per heavy atom. The number of thiazole rings is 1. The van der Waals surface area contributed by atoms with Crippen LogP contribution in [0, 0.1) is 11.8 Å². The molecule has 0 N–H and O–H groups in total. The fraction of sp³-hybridized carbons (Fsp3) is 0.500. The van der Waals surface area contributed by atoms with E-state index in [2.05, 4.69) is 4.98 Å². The molecule has 174 valence electrons. The number of rotatable bonds is 7. The zero-order chi connectivity index (χ0) is 23.5. The van der Waals surface area contributed by atoms with E-state index in [-0.39, 0.29) is 34.8 Å². The highest BCUT2D eigenvalue weighted by atomic mass is 32.2. The van der Waals surface area contributed by atoms with Gasteiger partial charge in [-0.1, -0.05) is 19.9 Å². The highest BCUT2D eigenvalue weighted by Crippen LogP contribution is 2.27. The van der Waals surface area contributed by atoms with Crippen LogP contribution in [-0.2, 0) is 26.2 Å². The number of aromatic nitrogens is 1. The molecule has 1 saturated heterocycles. The summed E-state index contributed by atoms with van der Waals surface area (Å²) < 4.78 is 33.1. The van der Waals surface area contributed by atoms with Crippen molar-refractivity contribution >= 4 is 38.4 Å². The van der Waals surface area contributed by atoms with Crippen molar-refractivity contribution in [1.82, 2.24) is 9.29 Å². The highest BCUT2D eigenvalue weighted by Gasteiger charge is 2.32. The molecule has 32 heavy (non-hydrogen) atoms. The molecule has 0 spiro atoms. The average Bonchev–Trinajstić information content (AvgIpc) is 3.20. The lowest BCUT2D eigenvalue weighted by molar-refractivity contribution is -0.116. The number of benzene rings is 1.